The van der Waals surface area contributed by atoms with Crippen LogP contribution in [0.2, 0.25) is 0 Å². The third kappa shape index (κ3) is 2.17. The first kappa shape index (κ1) is 9.44. The van der Waals surface area contributed by atoms with Crippen LogP contribution in [-0.2, 0) is 11.5 Å². The molecule has 0 saturated carbocycles. The summed E-state index contributed by atoms with van der Waals surface area (Å²) >= 11 is 3.07. The second-order valence-electron chi connectivity index (χ2n) is 2.05. The van der Waals surface area contributed by atoms with Crippen molar-refractivity contribution in [3.63, 3.8) is 0 Å². The maximum Gasteiger partial charge on any atom is 0.451 e. The fourth-order valence-corrected chi connectivity index (χ4v) is 0.860. The standard InChI is InChI=1S/C6H4BrF3N2/c7-1-4-2-11-5(12-3-4)6(8,9)10/h2-3H,1H2. The number of rotatable bonds is 1. The van der Waals surface area contributed by atoms with E-state index >= 15 is 0 Å². The molecule has 0 aliphatic carbocycles. The quantitative estimate of drug-likeness (QED) is 0.705. The van der Waals surface area contributed by atoms with Crippen molar-refractivity contribution in [2.24, 2.45) is 0 Å². The van der Waals surface area contributed by atoms with Crippen molar-refractivity contribution in [1.29, 1.82) is 0 Å². The lowest BCUT2D eigenvalue weighted by atomic mass is 10.4. The molecule has 12 heavy (non-hydrogen) atoms. The lowest BCUT2D eigenvalue weighted by Gasteiger charge is -2.03. The van der Waals surface area contributed by atoms with Crippen LogP contribution in [0.25, 0.3) is 0 Å². The zero-order valence-corrected chi connectivity index (χ0v) is 7.35. The number of hydrogen-bond acceptors (Lipinski definition) is 2. The Morgan fingerprint density at radius 3 is 2.08 bits per heavy atom. The molecule has 1 aromatic heterocycles. The van der Waals surface area contributed by atoms with Gasteiger partial charge in [0.15, 0.2) is 0 Å². The van der Waals surface area contributed by atoms with Gasteiger partial charge in [-0.05, 0) is 5.56 Å². The Bertz CT molecular complexity index is 256. The third-order valence-corrected chi connectivity index (χ3v) is 1.76. The van der Waals surface area contributed by atoms with Gasteiger partial charge < -0.3 is 0 Å². The number of alkyl halides is 4. The summed E-state index contributed by atoms with van der Waals surface area (Å²) < 4.78 is 35.7. The van der Waals surface area contributed by atoms with Gasteiger partial charge in [-0.25, -0.2) is 9.97 Å². The van der Waals surface area contributed by atoms with Gasteiger partial charge in [0.1, 0.15) is 0 Å². The van der Waals surface area contributed by atoms with E-state index in [1.165, 1.54) is 0 Å². The van der Waals surface area contributed by atoms with Crippen LogP contribution in [0, 0.1) is 0 Å². The van der Waals surface area contributed by atoms with Crippen molar-refractivity contribution < 1.29 is 13.2 Å². The third-order valence-electron chi connectivity index (χ3n) is 1.11. The molecule has 0 unspecified atom stereocenters. The fourth-order valence-electron chi connectivity index (χ4n) is 0.570. The highest BCUT2D eigenvalue weighted by Crippen LogP contribution is 2.25. The highest BCUT2D eigenvalue weighted by Gasteiger charge is 2.34. The number of aromatic nitrogens is 2. The van der Waals surface area contributed by atoms with Crippen LogP contribution >= 0.6 is 15.9 Å². The molecule has 6 heteroatoms. The fraction of sp³-hybridized carbons (Fsp3) is 0.333. The first-order valence-corrected chi connectivity index (χ1v) is 4.10. The van der Waals surface area contributed by atoms with Crippen molar-refractivity contribution in [3.05, 3.63) is 23.8 Å². The van der Waals surface area contributed by atoms with Crippen molar-refractivity contribution in [2.75, 3.05) is 0 Å². The SMILES string of the molecule is FC(F)(F)c1ncc(CBr)cn1. The molecule has 0 aliphatic heterocycles. The van der Waals surface area contributed by atoms with Gasteiger partial charge in [0.2, 0.25) is 5.82 Å². The highest BCUT2D eigenvalue weighted by molar-refractivity contribution is 9.08. The second kappa shape index (κ2) is 3.38. The number of halogens is 4. The summed E-state index contributed by atoms with van der Waals surface area (Å²) in [6, 6.07) is 0. The molecule has 66 valence electrons. The van der Waals surface area contributed by atoms with E-state index in [1.54, 1.807) is 0 Å². The Balaban J connectivity index is 2.93. The molecule has 2 nitrogen and oxygen atoms in total. The molecule has 0 aromatic carbocycles. The molecule has 0 amide bonds. The van der Waals surface area contributed by atoms with Crippen LogP contribution in [0.15, 0.2) is 12.4 Å². The van der Waals surface area contributed by atoms with E-state index in [0.29, 0.717) is 10.9 Å². The van der Waals surface area contributed by atoms with E-state index < -0.39 is 12.0 Å². The Hall–Kier alpha value is -0.650. The second-order valence-corrected chi connectivity index (χ2v) is 2.61. The van der Waals surface area contributed by atoms with Crippen LogP contribution in [0.1, 0.15) is 11.4 Å². The van der Waals surface area contributed by atoms with Gasteiger partial charge in [-0.1, -0.05) is 15.9 Å². The zero-order valence-electron chi connectivity index (χ0n) is 5.77. The molecule has 0 saturated heterocycles. The van der Waals surface area contributed by atoms with Gasteiger partial charge >= 0.3 is 6.18 Å². The predicted octanol–water partition coefficient (Wildman–Crippen LogP) is 2.39. The highest BCUT2D eigenvalue weighted by atomic mass is 79.9. The topological polar surface area (TPSA) is 25.8 Å². The van der Waals surface area contributed by atoms with Crippen molar-refractivity contribution in [1.82, 2.24) is 9.97 Å². The van der Waals surface area contributed by atoms with E-state index in [4.69, 9.17) is 0 Å². The summed E-state index contributed by atoms with van der Waals surface area (Å²) in [5.41, 5.74) is 0.614. The smallest absolute Gasteiger partial charge is 0.233 e. The first-order valence-electron chi connectivity index (χ1n) is 2.98. The Labute approximate surface area is 75.0 Å². The molecule has 1 aromatic rings. The van der Waals surface area contributed by atoms with Gasteiger partial charge in [-0.3, -0.25) is 0 Å². The molecule has 0 atom stereocenters. The Morgan fingerprint density at radius 2 is 1.75 bits per heavy atom. The predicted molar refractivity (Wildman–Crippen MR) is 39.7 cm³/mol. The summed E-state index contributed by atoms with van der Waals surface area (Å²) in [7, 11) is 0. The van der Waals surface area contributed by atoms with Crippen molar-refractivity contribution in [3.8, 4) is 0 Å². The number of nitrogens with zero attached hydrogens (tertiary/aromatic N) is 2. The van der Waals surface area contributed by atoms with E-state index in [9.17, 15) is 13.2 Å². The first-order chi connectivity index (χ1) is 5.54. The van der Waals surface area contributed by atoms with Crippen LogP contribution in [-0.4, -0.2) is 9.97 Å². The van der Waals surface area contributed by atoms with Crippen LogP contribution in [0.3, 0.4) is 0 Å². The van der Waals surface area contributed by atoms with Gasteiger partial charge in [0.25, 0.3) is 0 Å². The lowest BCUT2D eigenvalue weighted by Crippen LogP contribution is -2.10. The van der Waals surface area contributed by atoms with Gasteiger partial charge in [-0.15, -0.1) is 0 Å². The molecule has 1 rings (SSSR count). The maximum atomic E-state index is 11.9. The Morgan fingerprint density at radius 1 is 1.25 bits per heavy atom. The van der Waals surface area contributed by atoms with Crippen molar-refractivity contribution in [2.45, 2.75) is 11.5 Å². The molecule has 0 radical (unpaired) electrons. The summed E-state index contributed by atoms with van der Waals surface area (Å²) in [5, 5.41) is 0.450. The van der Waals surface area contributed by atoms with Crippen LogP contribution < -0.4 is 0 Å². The summed E-state index contributed by atoms with van der Waals surface area (Å²) in [4.78, 5) is 6.31. The van der Waals surface area contributed by atoms with E-state index in [2.05, 4.69) is 25.9 Å². The Kier molecular flexibility index (Phi) is 2.66. The molecule has 0 aliphatic rings. The van der Waals surface area contributed by atoms with E-state index in [0.717, 1.165) is 12.4 Å². The minimum atomic E-state index is -4.45. The zero-order chi connectivity index (χ0) is 9.19. The molecular formula is C6H4BrF3N2. The lowest BCUT2D eigenvalue weighted by molar-refractivity contribution is -0.145. The molecule has 1 heterocycles. The minimum absolute atomic E-state index is 0.450. The summed E-state index contributed by atoms with van der Waals surface area (Å²) in [5.74, 6) is -1.10. The monoisotopic (exact) mass is 240 g/mol. The summed E-state index contributed by atoms with van der Waals surface area (Å²) in [6.45, 7) is 0. The van der Waals surface area contributed by atoms with E-state index in [-0.39, 0.29) is 0 Å². The molecular weight excluding hydrogens is 237 g/mol. The van der Waals surface area contributed by atoms with Gasteiger partial charge in [-0.2, -0.15) is 13.2 Å². The molecule has 0 fully saturated rings. The minimum Gasteiger partial charge on any atom is -0.233 e. The van der Waals surface area contributed by atoms with Crippen LogP contribution in [0.4, 0.5) is 13.2 Å². The van der Waals surface area contributed by atoms with E-state index in [1.807, 2.05) is 0 Å². The van der Waals surface area contributed by atoms with Gasteiger partial charge in [0, 0.05) is 17.7 Å². The normalized spacial score (nSPS) is 11.7. The maximum absolute atomic E-state index is 11.9. The van der Waals surface area contributed by atoms with Crippen LogP contribution in [0.5, 0.6) is 0 Å². The van der Waals surface area contributed by atoms with Gasteiger partial charge in [0.05, 0.1) is 0 Å². The molecule has 0 N–H and O–H groups in total. The number of hydrogen-bond donors (Lipinski definition) is 0. The average molecular weight is 241 g/mol. The molecule has 0 spiro atoms. The molecule has 0 bridgehead atoms. The largest absolute Gasteiger partial charge is 0.451 e. The average Bonchev–Trinajstić information content (AvgIpc) is 2.03. The van der Waals surface area contributed by atoms with Crippen molar-refractivity contribution >= 4 is 15.9 Å². The summed E-state index contributed by atoms with van der Waals surface area (Å²) in [6.07, 6.45) is -2.17.